The lowest BCUT2D eigenvalue weighted by Gasteiger charge is -2.15. The van der Waals surface area contributed by atoms with Crippen molar-refractivity contribution in [2.24, 2.45) is 11.7 Å². The minimum Gasteiger partial charge on any atom is -0.497 e. The van der Waals surface area contributed by atoms with Crippen LogP contribution in [0.2, 0.25) is 0 Å². The molecule has 1 aromatic carbocycles. The normalized spacial score (nSPS) is 11.8. The van der Waals surface area contributed by atoms with Gasteiger partial charge in [0, 0.05) is 5.69 Å². The largest absolute Gasteiger partial charge is 0.497 e. The van der Waals surface area contributed by atoms with Crippen LogP contribution >= 0.6 is 0 Å². The summed E-state index contributed by atoms with van der Waals surface area (Å²) in [4.78, 5) is 23.3. The van der Waals surface area contributed by atoms with Crippen LogP contribution in [0.15, 0.2) is 24.3 Å². The molecule has 6 nitrogen and oxygen atoms in total. The van der Waals surface area contributed by atoms with Crippen molar-refractivity contribution in [1.82, 2.24) is 5.32 Å². The van der Waals surface area contributed by atoms with E-state index in [0.29, 0.717) is 11.4 Å². The second-order valence-electron chi connectivity index (χ2n) is 4.76. The monoisotopic (exact) mass is 279 g/mol. The molecule has 0 unspecified atom stereocenters. The zero-order valence-electron chi connectivity index (χ0n) is 12.0. The van der Waals surface area contributed by atoms with Gasteiger partial charge in [-0.25, -0.2) is 0 Å². The highest BCUT2D eigenvalue weighted by Crippen LogP contribution is 2.14. The highest BCUT2D eigenvalue weighted by Gasteiger charge is 2.17. The molecule has 0 bridgehead atoms. The van der Waals surface area contributed by atoms with E-state index in [1.807, 2.05) is 13.8 Å². The van der Waals surface area contributed by atoms with Gasteiger partial charge >= 0.3 is 0 Å². The second kappa shape index (κ2) is 7.49. The predicted molar refractivity (Wildman–Crippen MR) is 77.4 cm³/mol. The predicted octanol–water partition coefficient (Wildman–Crippen LogP) is 0.733. The van der Waals surface area contributed by atoms with E-state index in [2.05, 4.69) is 10.6 Å². The SMILES string of the molecule is COc1ccc(NC(=O)CNC(=O)[C@@H](N)C(C)C)cc1. The van der Waals surface area contributed by atoms with Gasteiger partial charge in [-0.3, -0.25) is 9.59 Å². The summed E-state index contributed by atoms with van der Waals surface area (Å²) in [5.74, 6) is 0.100. The summed E-state index contributed by atoms with van der Waals surface area (Å²) in [5.41, 5.74) is 6.31. The molecule has 110 valence electrons. The fourth-order valence-corrected chi connectivity index (χ4v) is 1.47. The molecule has 1 atom stereocenters. The number of rotatable bonds is 6. The number of nitrogens with two attached hydrogens (primary N) is 1. The van der Waals surface area contributed by atoms with Gasteiger partial charge in [-0.1, -0.05) is 13.8 Å². The Bertz CT molecular complexity index is 457. The molecule has 4 N–H and O–H groups in total. The third kappa shape index (κ3) is 4.89. The van der Waals surface area contributed by atoms with Crippen LogP contribution in [0.1, 0.15) is 13.8 Å². The van der Waals surface area contributed by atoms with Crippen molar-refractivity contribution in [3.05, 3.63) is 24.3 Å². The first-order valence-electron chi connectivity index (χ1n) is 6.41. The first kappa shape index (κ1) is 16.0. The average molecular weight is 279 g/mol. The Morgan fingerprint density at radius 1 is 1.25 bits per heavy atom. The molecule has 0 saturated heterocycles. The second-order valence-corrected chi connectivity index (χ2v) is 4.76. The van der Waals surface area contributed by atoms with Crippen molar-refractivity contribution in [1.29, 1.82) is 0 Å². The number of amides is 2. The zero-order chi connectivity index (χ0) is 15.1. The quantitative estimate of drug-likeness (QED) is 0.715. The summed E-state index contributed by atoms with van der Waals surface area (Å²) in [6.45, 7) is 3.59. The Kier molecular flexibility index (Phi) is 5.99. The van der Waals surface area contributed by atoms with Crippen LogP contribution in [0.25, 0.3) is 0 Å². The van der Waals surface area contributed by atoms with Gasteiger partial charge in [0.1, 0.15) is 5.75 Å². The van der Waals surface area contributed by atoms with Crippen molar-refractivity contribution in [2.75, 3.05) is 19.0 Å². The standard InChI is InChI=1S/C14H21N3O3/c1-9(2)13(15)14(19)16-8-12(18)17-10-4-6-11(20-3)7-5-10/h4-7,9,13H,8,15H2,1-3H3,(H,16,19)(H,17,18)/t13-/m0/s1. The van der Waals surface area contributed by atoms with Crippen molar-refractivity contribution in [3.63, 3.8) is 0 Å². The highest BCUT2D eigenvalue weighted by molar-refractivity contribution is 5.95. The molecule has 0 fully saturated rings. The van der Waals surface area contributed by atoms with Crippen LogP contribution in [-0.4, -0.2) is 31.5 Å². The van der Waals surface area contributed by atoms with Gasteiger partial charge in [-0.05, 0) is 30.2 Å². The summed E-state index contributed by atoms with van der Waals surface area (Å²) in [5, 5.41) is 5.17. The Balaban J connectivity index is 2.41. The molecule has 0 saturated carbocycles. The van der Waals surface area contributed by atoms with Crippen molar-refractivity contribution < 1.29 is 14.3 Å². The fraction of sp³-hybridized carbons (Fsp3) is 0.429. The molecular weight excluding hydrogens is 258 g/mol. The number of carbonyl (C=O) groups excluding carboxylic acids is 2. The number of hydrogen-bond donors (Lipinski definition) is 3. The van der Waals surface area contributed by atoms with Crippen molar-refractivity contribution >= 4 is 17.5 Å². The Labute approximate surface area is 118 Å². The van der Waals surface area contributed by atoms with E-state index in [1.165, 1.54) is 0 Å². The number of ether oxygens (including phenoxy) is 1. The number of methoxy groups -OCH3 is 1. The van der Waals surface area contributed by atoms with Crippen LogP contribution in [-0.2, 0) is 9.59 Å². The number of anilines is 1. The number of carbonyl (C=O) groups is 2. The maximum Gasteiger partial charge on any atom is 0.243 e. The minimum absolute atomic E-state index is 0.0275. The summed E-state index contributed by atoms with van der Waals surface area (Å²) < 4.78 is 5.02. The van der Waals surface area contributed by atoms with E-state index in [9.17, 15) is 9.59 Å². The highest BCUT2D eigenvalue weighted by atomic mass is 16.5. The van der Waals surface area contributed by atoms with Crippen molar-refractivity contribution in [3.8, 4) is 5.75 Å². The van der Waals surface area contributed by atoms with E-state index < -0.39 is 6.04 Å². The zero-order valence-corrected chi connectivity index (χ0v) is 12.0. The molecule has 0 aromatic heterocycles. The Hall–Kier alpha value is -2.08. The lowest BCUT2D eigenvalue weighted by atomic mass is 10.1. The maximum atomic E-state index is 11.7. The molecule has 0 aliphatic heterocycles. The third-order valence-corrected chi connectivity index (χ3v) is 2.82. The first-order valence-corrected chi connectivity index (χ1v) is 6.41. The van der Waals surface area contributed by atoms with Gasteiger partial charge in [0.2, 0.25) is 11.8 Å². The molecule has 1 rings (SSSR count). The molecule has 0 aliphatic rings. The number of benzene rings is 1. The van der Waals surface area contributed by atoms with E-state index in [1.54, 1.807) is 31.4 Å². The van der Waals surface area contributed by atoms with Crippen LogP contribution in [0.5, 0.6) is 5.75 Å². The van der Waals surface area contributed by atoms with Gasteiger partial charge in [0.25, 0.3) is 0 Å². The Morgan fingerprint density at radius 3 is 2.35 bits per heavy atom. The van der Waals surface area contributed by atoms with Crippen LogP contribution in [0.4, 0.5) is 5.69 Å². The smallest absolute Gasteiger partial charge is 0.243 e. The molecule has 1 aromatic rings. The molecular formula is C14H21N3O3. The topological polar surface area (TPSA) is 93.5 Å². The molecule has 0 heterocycles. The maximum absolute atomic E-state index is 11.7. The van der Waals surface area contributed by atoms with E-state index in [-0.39, 0.29) is 24.3 Å². The Morgan fingerprint density at radius 2 is 1.85 bits per heavy atom. The number of nitrogens with one attached hydrogen (secondary N) is 2. The minimum atomic E-state index is -0.608. The van der Waals surface area contributed by atoms with E-state index in [4.69, 9.17) is 10.5 Å². The summed E-state index contributed by atoms with van der Waals surface area (Å²) in [6, 6.07) is 6.31. The molecule has 0 aliphatic carbocycles. The molecule has 20 heavy (non-hydrogen) atoms. The van der Waals surface area contributed by atoms with Crippen LogP contribution < -0.4 is 21.1 Å². The van der Waals surface area contributed by atoms with Crippen LogP contribution in [0, 0.1) is 5.92 Å². The first-order chi connectivity index (χ1) is 9.43. The lowest BCUT2D eigenvalue weighted by molar-refractivity contribution is -0.125. The van der Waals surface area contributed by atoms with Gasteiger partial charge in [0.05, 0.1) is 19.7 Å². The average Bonchev–Trinajstić information content (AvgIpc) is 2.44. The van der Waals surface area contributed by atoms with E-state index in [0.717, 1.165) is 0 Å². The van der Waals surface area contributed by atoms with Gasteiger partial charge in [0.15, 0.2) is 0 Å². The fourth-order valence-electron chi connectivity index (χ4n) is 1.47. The molecule has 6 heteroatoms. The third-order valence-electron chi connectivity index (χ3n) is 2.82. The van der Waals surface area contributed by atoms with Gasteiger partial charge < -0.3 is 21.1 Å². The molecule has 2 amide bonds. The molecule has 0 spiro atoms. The van der Waals surface area contributed by atoms with Gasteiger partial charge in [-0.2, -0.15) is 0 Å². The van der Waals surface area contributed by atoms with Crippen LogP contribution in [0.3, 0.4) is 0 Å². The molecule has 0 radical (unpaired) electrons. The van der Waals surface area contributed by atoms with E-state index >= 15 is 0 Å². The van der Waals surface area contributed by atoms with Crippen molar-refractivity contribution in [2.45, 2.75) is 19.9 Å². The lowest BCUT2D eigenvalue weighted by Crippen LogP contribution is -2.46. The number of hydrogen-bond acceptors (Lipinski definition) is 4. The summed E-state index contributed by atoms with van der Waals surface area (Å²) in [6.07, 6.45) is 0. The summed E-state index contributed by atoms with van der Waals surface area (Å²) >= 11 is 0. The van der Waals surface area contributed by atoms with Gasteiger partial charge in [-0.15, -0.1) is 0 Å². The summed E-state index contributed by atoms with van der Waals surface area (Å²) in [7, 11) is 1.57.